The van der Waals surface area contributed by atoms with Crippen LogP contribution in [0.5, 0.6) is 17.2 Å². The zero-order valence-corrected chi connectivity index (χ0v) is 22.8. The quantitative estimate of drug-likeness (QED) is 0.405. The Morgan fingerprint density at radius 3 is 2.77 bits per heavy atom. The second-order valence-electron chi connectivity index (χ2n) is 10.5. The molecule has 210 valence electrons. The fourth-order valence-electron chi connectivity index (χ4n) is 6.04. The Hall–Kier alpha value is -3.30. The predicted molar refractivity (Wildman–Crippen MR) is 144 cm³/mol. The van der Waals surface area contributed by atoms with Gasteiger partial charge in [-0.25, -0.2) is 5.06 Å². The topological polar surface area (TPSA) is 97.8 Å². The molecule has 2 aromatic rings. The molecule has 1 fully saturated rings. The molecule has 3 heterocycles. The Balaban J connectivity index is 1.42. The normalized spacial score (nSPS) is 21.5. The van der Waals surface area contributed by atoms with Gasteiger partial charge in [0.05, 0.1) is 25.7 Å². The lowest BCUT2D eigenvalue weighted by Gasteiger charge is -2.29. The lowest BCUT2D eigenvalue weighted by molar-refractivity contribution is -0.188. The molecule has 3 atom stereocenters. The molecule has 0 aliphatic carbocycles. The summed E-state index contributed by atoms with van der Waals surface area (Å²) >= 11 is 0. The highest BCUT2D eigenvalue weighted by Gasteiger charge is 2.47. The minimum absolute atomic E-state index is 0.106. The molecule has 0 bridgehead atoms. The summed E-state index contributed by atoms with van der Waals surface area (Å²) < 4.78 is 16.9. The van der Waals surface area contributed by atoms with Crippen LogP contribution >= 0.6 is 0 Å². The third-order valence-corrected chi connectivity index (χ3v) is 7.86. The number of hydroxylamine groups is 2. The number of hydrogen-bond acceptors (Lipinski definition) is 7. The number of carbonyl (C=O) groups is 2. The molecule has 9 nitrogen and oxygen atoms in total. The van der Waals surface area contributed by atoms with Crippen molar-refractivity contribution in [2.45, 2.75) is 57.9 Å². The lowest BCUT2D eigenvalue weighted by atomic mass is 9.83. The standard InChI is InChI=1S/C30H38N2O7/c1-3-13-32(39-14-4-2)27(33)18-31-17-23(21-9-11-25-22(16-21)12-15-36-25)28(30(34)35)24(31)10-8-20-6-5-7-26-29(20)38-19-37-26/h5-7,9,11,16,23-24,28H,3-4,8,10,12-15,17-19H2,1-2H3,(H,34,35)/t23-,24+,28-/m1/s1. The van der Waals surface area contributed by atoms with E-state index in [0.29, 0.717) is 44.9 Å². The van der Waals surface area contributed by atoms with E-state index in [-0.39, 0.29) is 31.2 Å². The molecular formula is C30H38N2O7. The van der Waals surface area contributed by atoms with Crippen LogP contribution in [0.15, 0.2) is 36.4 Å². The number of carboxylic acid groups (broad SMARTS) is 1. The Morgan fingerprint density at radius 1 is 1.10 bits per heavy atom. The Labute approximate surface area is 229 Å². The highest BCUT2D eigenvalue weighted by atomic mass is 16.7. The van der Waals surface area contributed by atoms with Gasteiger partial charge in [0.15, 0.2) is 11.5 Å². The third kappa shape index (κ3) is 5.84. The summed E-state index contributed by atoms with van der Waals surface area (Å²) in [6.45, 7) is 6.39. The number of ether oxygens (including phenoxy) is 3. The van der Waals surface area contributed by atoms with Gasteiger partial charge in [0.25, 0.3) is 5.91 Å². The van der Waals surface area contributed by atoms with Crippen molar-refractivity contribution in [1.29, 1.82) is 0 Å². The minimum atomic E-state index is -0.845. The second kappa shape index (κ2) is 12.3. The van der Waals surface area contributed by atoms with E-state index >= 15 is 0 Å². The monoisotopic (exact) mass is 538 g/mol. The van der Waals surface area contributed by atoms with E-state index in [1.165, 1.54) is 5.06 Å². The first-order chi connectivity index (χ1) is 19.0. The number of nitrogens with zero attached hydrogens (tertiary/aromatic N) is 2. The zero-order valence-electron chi connectivity index (χ0n) is 22.8. The lowest BCUT2D eigenvalue weighted by Crippen LogP contribution is -2.44. The summed E-state index contributed by atoms with van der Waals surface area (Å²) in [4.78, 5) is 34.0. The first-order valence-corrected chi connectivity index (χ1v) is 14.0. The molecule has 0 aromatic heterocycles. The number of hydrogen-bond donors (Lipinski definition) is 1. The van der Waals surface area contributed by atoms with Gasteiger partial charge >= 0.3 is 5.97 Å². The molecule has 0 saturated carbocycles. The van der Waals surface area contributed by atoms with Gasteiger partial charge in [0.1, 0.15) is 5.75 Å². The highest BCUT2D eigenvalue weighted by molar-refractivity contribution is 5.78. The van der Waals surface area contributed by atoms with E-state index in [0.717, 1.165) is 47.5 Å². The van der Waals surface area contributed by atoms with Crippen molar-refractivity contribution >= 4 is 11.9 Å². The Morgan fingerprint density at radius 2 is 1.97 bits per heavy atom. The number of likely N-dealkylation sites (tertiary alicyclic amines) is 1. The molecule has 0 unspecified atom stereocenters. The molecule has 3 aliphatic rings. The van der Waals surface area contributed by atoms with Gasteiger partial charge in [-0.3, -0.25) is 19.3 Å². The number of amides is 1. The first kappa shape index (κ1) is 27.3. The number of para-hydroxylation sites is 1. The van der Waals surface area contributed by atoms with Gasteiger partial charge in [0, 0.05) is 31.5 Å². The molecule has 1 amide bonds. The van der Waals surface area contributed by atoms with E-state index in [1.807, 2.05) is 49.1 Å². The molecule has 0 radical (unpaired) electrons. The van der Waals surface area contributed by atoms with Crippen molar-refractivity contribution in [3.63, 3.8) is 0 Å². The molecule has 5 rings (SSSR count). The summed E-state index contributed by atoms with van der Waals surface area (Å²) in [6.07, 6.45) is 3.58. The summed E-state index contributed by atoms with van der Waals surface area (Å²) in [5.41, 5.74) is 3.08. The summed E-state index contributed by atoms with van der Waals surface area (Å²) in [6, 6.07) is 11.5. The fraction of sp³-hybridized carbons (Fsp3) is 0.533. The van der Waals surface area contributed by atoms with Crippen LogP contribution < -0.4 is 14.2 Å². The zero-order chi connectivity index (χ0) is 27.4. The number of aryl methyl sites for hydroxylation is 1. The van der Waals surface area contributed by atoms with Gasteiger partial charge in [-0.15, -0.1) is 0 Å². The van der Waals surface area contributed by atoms with Crippen LogP contribution in [-0.2, 0) is 27.3 Å². The largest absolute Gasteiger partial charge is 0.493 e. The highest BCUT2D eigenvalue weighted by Crippen LogP contribution is 2.42. The third-order valence-electron chi connectivity index (χ3n) is 7.86. The van der Waals surface area contributed by atoms with Crippen molar-refractivity contribution in [1.82, 2.24) is 9.96 Å². The van der Waals surface area contributed by atoms with Crippen LogP contribution in [0.25, 0.3) is 0 Å². The van der Waals surface area contributed by atoms with Crippen LogP contribution in [0.1, 0.15) is 55.7 Å². The number of fused-ring (bicyclic) bond motifs is 2. The van der Waals surface area contributed by atoms with Crippen LogP contribution in [-0.4, -0.2) is 72.6 Å². The van der Waals surface area contributed by atoms with Crippen molar-refractivity contribution in [2.75, 3.05) is 39.6 Å². The van der Waals surface area contributed by atoms with Crippen molar-refractivity contribution in [2.24, 2.45) is 5.92 Å². The number of carboxylic acids is 1. The van der Waals surface area contributed by atoms with Crippen LogP contribution in [0.3, 0.4) is 0 Å². The van der Waals surface area contributed by atoms with Crippen molar-refractivity contribution < 1.29 is 33.7 Å². The van der Waals surface area contributed by atoms with Gasteiger partial charge in [0.2, 0.25) is 6.79 Å². The molecular weight excluding hydrogens is 500 g/mol. The van der Waals surface area contributed by atoms with Gasteiger partial charge in [-0.2, -0.15) is 0 Å². The average molecular weight is 539 g/mol. The summed E-state index contributed by atoms with van der Waals surface area (Å²) in [7, 11) is 0. The van der Waals surface area contributed by atoms with E-state index in [1.54, 1.807) is 0 Å². The molecule has 0 spiro atoms. The van der Waals surface area contributed by atoms with E-state index in [9.17, 15) is 14.7 Å². The molecule has 3 aliphatic heterocycles. The van der Waals surface area contributed by atoms with Gasteiger partial charge in [-0.05, 0) is 54.5 Å². The van der Waals surface area contributed by atoms with Crippen LogP contribution in [0.2, 0.25) is 0 Å². The molecule has 39 heavy (non-hydrogen) atoms. The summed E-state index contributed by atoms with van der Waals surface area (Å²) in [5.74, 6) is 0.411. The minimum Gasteiger partial charge on any atom is -0.493 e. The smallest absolute Gasteiger partial charge is 0.308 e. The van der Waals surface area contributed by atoms with Gasteiger partial charge < -0.3 is 19.3 Å². The maximum absolute atomic E-state index is 13.4. The number of aliphatic carboxylic acids is 1. The van der Waals surface area contributed by atoms with E-state index in [2.05, 4.69) is 6.07 Å². The molecule has 1 N–H and O–H groups in total. The Bertz CT molecular complexity index is 1190. The first-order valence-electron chi connectivity index (χ1n) is 14.0. The number of rotatable bonds is 12. The fourth-order valence-corrected chi connectivity index (χ4v) is 6.04. The molecule has 1 saturated heterocycles. The SMILES string of the molecule is CCCON(CCC)C(=O)CN1C[C@H](c2ccc3c(c2)CCO3)[C@@H](C(=O)O)[C@@H]1CCc1cccc2c1OCO2. The number of carbonyl (C=O) groups excluding carboxylic acids is 1. The average Bonchev–Trinajstić information content (AvgIpc) is 3.68. The predicted octanol–water partition coefficient (Wildman–Crippen LogP) is 4.03. The molecule has 2 aromatic carbocycles. The van der Waals surface area contributed by atoms with Crippen LogP contribution in [0, 0.1) is 5.92 Å². The Kier molecular flexibility index (Phi) is 8.57. The van der Waals surface area contributed by atoms with Crippen molar-refractivity contribution in [3.05, 3.63) is 53.1 Å². The van der Waals surface area contributed by atoms with E-state index in [4.69, 9.17) is 19.0 Å². The maximum Gasteiger partial charge on any atom is 0.308 e. The maximum atomic E-state index is 13.4. The summed E-state index contributed by atoms with van der Waals surface area (Å²) in [5, 5.41) is 12.0. The van der Waals surface area contributed by atoms with Gasteiger partial charge in [-0.1, -0.05) is 38.1 Å². The number of benzene rings is 2. The van der Waals surface area contributed by atoms with Crippen LogP contribution in [0.4, 0.5) is 0 Å². The second-order valence-corrected chi connectivity index (χ2v) is 10.5. The van der Waals surface area contributed by atoms with E-state index < -0.39 is 11.9 Å². The molecule has 9 heteroatoms. The van der Waals surface area contributed by atoms with Crippen molar-refractivity contribution in [3.8, 4) is 17.2 Å².